The number of unbranched alkanes of at least 4 members (excludes halogenated alkanes) is 4. The Hall–Kier alpha value is -3.52. The number of ether oxygens (including phenoxy) is 1. The lowest BCUT2D eigenvalue weighted by Gasteiger charge is -2.05. The average molecular weight is 475 g/mol. The Balaban J connectivity index is 1.59. The van der Waals surface area contributed by atoms with E-state index >= 15 is 0 Å². The van der Waals surface area contributed by atoms with E-state index in [1.165, 1.54) is 18.6 Å². The summed E-state index contributed by atoms with van der Waals surface area (Å²) >= 11 is 0. The summed E-state index contributed by atoms with van der Waals surface area (Å²) in [5.74, 6) is 5.04. The molecule has 0 atom stereocenters. The van der Waals surface area contributed by atoms with Crippen LogP contribution in [0.2, 0.25) is 0 Å². The normalized spacial score (nSPS) is 10.9. The molecule has 182 valence electrons. The van der Waals surface area contributed by atoms with Gasteiger partial charge in [0.05, 0.1) is 23.5 Å². The van der Waals surface area contributed by atoms with E-state index in [2.05, 4.69) is 35.9 Å². The van der Waals surface area contributed by atoms with E-state index in [1.807, 2.05) is 24.3 Å². The smallest absolute Gasteiger partial charge is 0.142 e. The SMILES string of the molecule is CCCCCOc1ccc(N=Nc2ccc(C#Cc3c(F)cc(CCCCC)cc3F)cc2)cc1. The Morgan fingerprint density at radius 2 is 1.29 bits per heavy atom. The van der Waals surface area contributed by atoms with E-state index in [4.69, 9.17) is 4.74 Å². The van der Waals surface area contributed by atoms with Gasteiger partial charge in [0.1, 0.15) is 17.4 Å². The first-order valence-corrected chi connectivity index (χ1v) is 12.3. The molecule has 3 rings (SSSR count). The molecule has 0 aliphatic carbocycles. The predicted molar refractivity (Wildman–Crippen MR) is 138 cm³/mol. The van der Waals surface area contributed by atoms with E-state index in [9.17, 15) is 8.78 Å². The summed E-state index contributed by atoms with van der Waals surface area (Å²) in [7, 11) is 0. The minimum atomic E-state index is -0.619. The van der Waals surface area contributed by atoms with E-state index in [0.29, 0.717) is 29.8 Å². The van der Waals surface area contributed by atoms with Crippen molar-refractivity contribution in [2.75, 3.05) is 6.61 Å². The van der Waals surface area contributed by atoms with E-state index in [0.717, 1.165) is 43.5 Å². The van der Waals surface area contributed by atoms with Crippen molar-refractivity contribution in [3.05, 3.63) is 89.0 Å². The zero-order valence-corrected chi connectivity index (χ0v) is 20.5. The van der Waals surface area contributed by atoms with Crippen molar-refractivity contribution in [3.8, 4) is 17.6 Å². The molecule has 0 saturated carbocycles. The maximum atomic E-state index is 14.4. The molecule has 0 saturated heterocycles. The van der Waals surface area contributed by atoms with Crippen LogP contribution in [0, 0.1) is 23.5 Å². The largest absolute Gasteiger partial charge is 0.494 e. The van der Waals surface area contributed by atoms with Crippen LogP contribution in [0.25, 0.3) is 0 Å². The highest BCUT2D eigenvalue weighted by Crippen LogP contribution is 2.22. The maximum Gasteiger partial charge on any atom is 0.142 e. The highest BCUT2D eigenvalue weighted by Gasteiger charge is 2.09. The molecule has 0 aliphatic heterocycles. The summed E-state index contributed by atoms with van der Waals surface area (Å²) in [5.41, 5.74) is 2.48. The highest BCUT2D eigenvalue weighted by molar-refractivity contribution is 5.49. The molecule has 5 heteroatoms. The van der Waals surface area contributed by atoms with Crippen molar-refractivity contribution in [1.82, 2.24) is 0 Å². The fraction of sp³-hybridized carbons (Fsp3) is 0.333. The van der Waals surface area contributed by atoms with Gasteiger partial charge in [-0.05, 0) is 85.5 Å². The Morgan fingerprint density at radius 1 is 0.714 bits per heavy atom. The average Bonchev–Trinajstić information content (AvgIpc) is 2.86. The zero-order chi connectivity index (χ0) is 24.9. The van der Waals surface area contributed by atoms with Gasteiger partial charge in [0.2, 0.25) is 0 Å². The second kappa shape index (κ2) is 14.0. The summed E-state index contributed by atoms with van der Waals surface area (Å²) in [6.45, 7) is 4.98. The molecule has 3 aromatic carbocycles. The van der Waals surface area contributed by atoms with Crippen molar-refractivity contribution < 1.29 is 13.5 Å². The van der Waals surface area contributed by atoms with Crippen LogP contribution >= 0.6 is 0 Å². The van der Waals surface area contributed by atoms with Gasteiger partial charge in [-0.2, -0.15) is 10.2 Å². The third-order valence-electron chi connectivity index (χ3n) is 5.50. The van der Waals surface area contributed by atoms with E-state index < -0.39 is 11.6 Å². The first-order valence-electron chi connectivity index (χ1n) is 12.3. The van der Waals surface area contributed by atoms with Crippen LogP contribution in [0.1, 0.15) is 69.1 Å². The number of hydrogen-bond donors (Lipinski definition) is 0. The molecule has 0 unspecified atom stereocenters. The van der Waals surface area contributed by atoms with Gasteiger partial charge in [-0.3, -0.25) is 0 Å². The molecular formula is C30H32F2N2O. The Bertz CT molecular complexity index is 1140. The van der Waals surface area contributed by atoms with Gasteiger partial charge in [0, 0.05) is 5.56 Å². The highest BCUT2D eigenvalue weighted by atomic mass is 19.1. The monoisotopic (exact) mass is 474 g/mol. The lowest BCUT2D eigenvalue weighted by Crippen LogP contribution is -1.96. The minimum Gasteiger partial charge on any atom is -0.494 e. The summed E-state index contributed by atoms with van der Waals surface area (Å²) in [5, 5.41) is 8.48. The maximum absolute atomic E-state index is 14.4. The molecule has 0 aliphatic rings. The topological polar surface area (TPSA) is 34.0 Å². The van der Waals surface area contributed by atoms with Crippen LogP contribution in [0.4, 0.5) is 20.2 Å². The van der Waals surface area contributed by atoms with Crippen LogP contribution in [0.3, 0.4) is 0 Å². The van der Waals surface area contributed by atoms with Crippen LogP contribution in [-0.2, 0) is 6.42 Å². The number of hydrogen-bond acceptors (Lipinski definition) is 3. The first kappa shape index (κ1) is 26.1. The number of benzene rings is 3. The predicted octanol–water partition coefficient (Wildman–Crippen LogP) is 9.08. The molecule has 0 bridgehead atoms. The molecule has 3 aromatic rings. The fourth-order valence-electron chi connectivity index (χ4n) is 3.48. The van der Waals surface area contributed by atoms with E-state index in [1.54, 1.807) is 24.3 Å². The number of nitrogens with zero attached hydrogens (tertiary/aromatic N) is 2. The molecule has 0 heterocycles. The summed E-state index contributed by atoms with van der Waals surface area (Å²) in [6, 6.07) is 17.3. The third kappa shape index (κ3) is 8.64. The van der Waals surface area contributed by atoms with Gasteiger partial charge >= 0.3 is 0 Å². The van der Waals surface area contributed by atoms with Gasteiger partial charge in [-0.1, -0.05) is 51.4 Å². The van der Waals surface area contributed by atoms with Gasteiger partial charge in [-0.25, -0.2) is 8.78 Å². The summed E-state index contributed by atoms with van der Waals surface area (Å²) in [6.07, 6.45) is 7.08. The van der Waals surface area contributed by atoms with Crippen molar-refractivity contribution in [2.45, 2.75) is 58.8 Å². The van der Waals surface area contributed by atoms with Crippen LogP contribution < -0.4 is 4.74 Å². The fourth-order valence-corrected chi connectivity index (χ4v) is 3.48. The Morgan fingerprint density at radius 3 is 1.89 bits per heavy atom. The van der Waals surface area contributed by atoms with Gasteiger partial charge in [-0.15, -0.1) is 0 Å². The first-order chi connectivity index (χ1) is 17.1. The van der Waals surface area contributed by atoms with Gasteiger partial charge in [0.25, 0.3) is 0 Å². The second-order valence-corrected chi connectivity index (χ2v) is 8.44. The number of halogens is 2. The lowest BCUT2D eigenvalue weighted by atomic mass is 10.0. The van der Waals surface area contributed by atoms with Crippen LogP contribution in [-0.4, -0.2) is 6.61 Å². The molecular weight excluding hydrogens is 442 g/mol. The lowest BCUT2D eigenvalue weighted by molar-refractivity contribution is 0.306. The van der Waals surface area contributed by atoms with Crippen molar-refractivity contribution in [2.24, 2.45) is 10.2 Å². The quantitative estimate of drug-likeness (QED) is 0.155. The van der Waals surface area contributed by atoms with Crippen molar-refractivity contribution in [1.29, 1.82) is 0 Å². The van der Waals surface area contributed by atoms with Crippen molar-refractivity contribution in [3.63, 3.8) is 0 Å². The van der Waals surface area contributed by atoms with Crippen LogP contribution in [0.5, 0.6) is 5.75 Å². The van der Waals surface area contributed by atoms with Crippen molar-refractivity contribution >= 4 is 11.4 Å². The standard InChI is InChI=1S/C30H32F2N2O/c1-3-5-7-9-24-21-29(31)28(30(32)22-24)19-12-23-10-13-25(14-11-23)33-34-26-15-17-27(18-16-26)35-20-8-6-4-2/h10-11,13-18,21-22H,3-9,20H2,1-2H3. The molecule has 0 radical (unpaired) electrons. The van der Waals surface area contributed by atoms with Crippen LogP contribution in [0.15, 0.2) is 70.9 Å². The third-order valence-corrected chi connectivity index (χ3v) is 5.50. The number of azo groups is 1. The zero-order valence-electron chi connectivity index (χ0n) is 20.5. The Kier molecular flexibility index (Phi) is 10.4. The second-order valence-electron chi connectivity index (χ2n) is 8.44. The van der Waals surface area contributed by atoms with Gasteiger partial charge < -0.3 is 4.74 Å². The molecule has 3 nitrogen and oxygen atoms in total. The van der Waals surface area contributed by atoms with E-state index in [-0.39, 0.29) is 5.56 Å². The number of aryl methyl sites for hydroxylation is 1. The number of rotatable bonds is 11. The molecule has 35 heavy (non-hydrogen) atoms. The van der Waals surface area contributed by atoms with Gasteiger partial charge in [0.15, 0.2) is 0 Å². The minimum absolute atomic E-state index is 0.203. The molecule has 0 fully saturated rings. The molecule has 0 spiro atoms. The molecule has 0 aromatic heterocycles. The molecule has 0 amide bonds. The Labute approximate surface area is 207 Å². The summed E-state index contributed by atoms with van der Waals surface area (Å²) < 4.78 is 34.5. The molecule has 0 N–H and O–H groups in total. The summed E-state index contributed by atoms with van der Waals surface area (Å²) in [4.78, 5) is 0.